The fourth-order valence-electron chi connectivity index (χ4n) is 1.90. The Bertz CT molecular complexity index is 771. The highest BCUT2D eigenvalue weighted by Gasteiger charge is 2.21. The minimum atomic E-state index is -3.70. The summed E-state index contributed by atoms with van der Waals surface area (Å²) in [4.78, 5) is 11.1. The van der Waals surface area contributed by atoms with Crippen molar-refractivity contribution in [2.45, 2.75) is 11.4 Å². The van der Waals surface area contributed by atoms with Crippen molar-refractivity contribution in [2.75, 3.05) is 7.05 Å². The maximum atomic E-state index is 12.9. The average Bonchev–Trinajstić information content (AvgIpc) is 2.49. The van der Waals surface area contributed by atoms with Gasteiger partial charge in [-0.3, -0.25) is 4.79 Å². The normalized spacial score (nSPS) is 11.6. The highest BCUT2D eigenvalue weighted by molar-refractivity contribution is 7.89. The van der Waals surface area contributed by atoms with Gasteiger partial charge in [-0.25, -0.2) is 12.8 Å². The van der Waals surface area contributed by atoms with Crippen LogP contribution in [0.3, 0.4) is 0 Å². The van der Waals surface area contributed by atoms with Gasteiger partial charge in [-0.05, 0) is 42.0 Å². The van der Waals surface area contributed by atoms with Crippen molar-refractivity contribution >= 4 is 15.9 Å². The summed E-state index contributed by atoms with van der Waals surface area (Å²) < 4.78 is 38.8. The van der Waals surface area contributed by atoms with E-state index in [1.54, 1.807) is 0 Å². The van der Waals surface area contributed by atoms with E-state index in [1.165, 1.54) is 55.6 Å². The van der Waals surface area contributed by atoms with Crippen LogP contribution in [0.25, 0.3) is 0 Å². The SMILES string of the molecule is CN(Cc1ccc(F)cc1)S(=O)(=O)c1ccc(C(N)=O)cc1. The second kappa shape index (κ2) is 6.25. The number of amides is 1. The van der Waals surface area contributed by atoms with E-state index in [2.05, 4.69) is 0 Å². The van der Waals surface area contributed by atoms with Crippen molar-refractivity contribution in [1.29, 1.82) is 0 Å². The van der Waals surface area contributed by atoms with Crippen LogP contribution in [-0.2, 0) is 16.6 Å². The Morgan fingerprint density at radius 1 is 1.09 bits per heavy atom. The molecule has 2 aromatic rings. The molecule has 0 saturated carbocycles. The summed E-state index contributed by atoms with van der Waals surface area (Å²) in [6.45, 7) is 0.111. The predicted molar refractivity (Wildman–Crippen MR) is 80.0 cm³/mol. The second-order valence-corrected chi connectivity index (χ2v) is 6.82. The molecule has 0 unspecified atom stereocenters. The van der Waals surface area contributed by atoms with E-state index in [4.69, 9.17) is 5.73 Å². The summed E-state index contributed by atoms with van der Waals surface area (Å²) in [6.07, 6.45) is 0. The number of hydrogen-bond acceptors (Lipinski definition) is 3. The number of hydrogen-bond donors (Lipinski definition) is 1. The van der Waals surface area contributed by atoms with Gasteiger partial charge in [-0.15, -0.1) is 0 Å². The number of nitrogens with two attached hydrogens (primary N) is 1. The first-order valence-corrected chi connectivity index (χ1v) is 7.85. The number of halogens is 1. The molecule has 116 valence electrons. The van der Waals surface area contributed by atoms with E-state index in [0.717, 1.165) is 4.31 Å². The molecule has 0 heterocycles. The van der Waals surface area contributed by atoms with Gasteiger partial charge in [0.25, 0.3) is 0 Å². The molecule has 7 heteroatoms. The summed E-state index contributed by atoms with van der Waals surface area (Å²) in [7, 11) is -2.27. The van der Waals surface area contributed by atoms with Crippen molar-refractivity contribution in [3.05, 3.63) is 65.5 Å². The lowest BCUT2D eigenvalue weighted by Gasteiger charge is -2.17. The van der Waals surface area contributed by atoms with Crippen LogP contribution in [0.2, 0.25) is 0 Å². The van der Waals surface area contributed by atoms with E-state index >= 15 is 0 Å². The van der Waals surface area contributed by atoms with Crippen LogP contribution in [0.4, 0.5) is 4.39 Å². The van der Waals surface area contributed by atoms with Crippen molar-refractivity contribution in [1.82, 2.24) is 4.31 Å². The molecule has 0 aliphatic carbocycles. The zero-order chi connectivity index (χ0) is 16.3. The third-order valence-corrected chi connectivity index (χ3v) is 4.98. The summed E-state index contributed by atoms with van der Waals surface area (Å²) in [5, 5.41) is 0. The summed E-state index contributed by atoms with van der Waals surface area (Å²) >= 11 is 0. The molecule has 0 spiro atoms. The molecular weight excluding hydrogens is 307 g/mol. The number of primary amides is 1. The van der Waals surface area contributed by atoms with Gasteiger partial charge < -0.3 is 5.73 Å². The Morgan fingerprint density at radius 3 is 2.14 bits per heavy atom. The molecule has 0 aliphatic rings. The van der Waals surface area contributed by atoms with Crippen LogP contribution in [-0.4, -0.2) is 25.7 Å². The lowest BCUT2D eigenvalue weighted by atomic mass is 10.2. The number of carbonyl (C=O) groups excluding carboxylic acids is 1. The van der Waals surface area contributed by atoms with Crippen LogP contribution < -0.4 is 5.73 Å². The number of rotatable bonds is 5. The van der Waals surface area contributed by atoms with E-state index in [-0.39, 0.29) is 22.8 Å². The molecule has 2 aromatic carbocycles. The third-order valence-electron chi connectivity index (χ3n) is 3.17. The zero-order valence-corrected chi connectivity index (χ0v) is 12.7. The molecule has 0 aromatic heterocycles. The molecule has 1 amide bonds. The Labute approximate surface area is 128 Å². The van der Waals surface area contributed by atoms with E-state index in [9.17, 15) is 17.6 Å². The highest BCUT2D eigenvalue weighted by Crippen LogP contribution is 2.17. The molecule has 2 rings (SSSR count). The minimum Gasteiger partial charge on any atom is -0.366 e. The smallest absolute Gasteiger partial charge is 0.248 e. The molecule has 0 aliphatic heterocycles. The standard InChI is InChI=1S/C15H15FN2O3S/c1-18(10-11-2-6-13(16)7-3-11)22(20,21)14-8-4-12(5-9-14)15(17)19/h2-9H,10H2,1H3,(H2,17,19). The van der Waals surface area contributed by atoms with E-state index in [1.807, 2.05) is 0 Å². The van der Waals surface area contributed by atoms with Gasteiger partial charge in [-0.1, -0.05) is 12.1 Å². The van der Waals surface area contributed by atoms with Gasteiger partial charge in [0.2, 0.25) is 15.9 Å². The molecule has 0 bridgehead atoms. The monoisotopic (exact) mass is 322 g/mol. The number of sulfonamides is 1. The van der Waals surface area contributed by atoms with Crippen LogP contribution in [0.15, 0.2) is 53.4 Å². The lowest BCUT2D eigenvalue weighted by molar-refractivity contribution is 0.1000. The summed E-state index contributed by atoms with van der Waals surface area (Å²) in [6, 6.07) is 11.0. The van der Waals surface area contributed by atoms with E-state index < -0.39 is 15.9 Å². The Balaban J connectivity index is 2.21. The van der Waals surface area contributed by atoms with Gasteiger partial charge in [0.15, 0.2) is 0 Å². The van der Waals surface area contributed by atoms with Crippen LogP contribution >= 0.6 is 0 Å². The van der Waals surface area contributed by atoms with Crippen molar-refractivity contribution in [2.24, 2.45) is 5.73 Å². The number of benzene rings is 2. The molecule has 0 radical (unpaired) electrons. The second-order valence-electron chi connectivity index (χ2n) is 4.78. The molecule has 5 nitrogen and oxygen atoms in total. The minimum absolute atomic E-state index is 0.0575. The predicted octanol–water partition coefficient (Wildman–Crippen LogP) is 1.75. The summed E-state index contributed by atoms with van der Waals surface area (Å²) in [5.41, 5.74) is 6.02. The van der Waals surface area contributed by atoms with Crippen molar-refractivity contribution in [3.8, 4) is 0 Å². The van der Waals surface area contributed by atoms with Crippen LogP contribution in [0.5, 0.6) is 0 Å². The average molecular weight is 322 g/mol. The van der Waals surface area contributed by atoms with Gasteiger partial charge in [0, 0.05) is 19.2 Å². The quantitative estimate of drug-likeness (QED) is 0.910. The fourth-order valence-corrected chi connectivity index (χ4v) is 3.06. The molecule has 2 N–H and O–H groups in total. The zero-order valence-electron chi connectivity index (χ0n) is 11.9. The number of carbonyl (C=O) groups is 1. The van der Waals surface area contributed by atoms with Crippen LogP contribution in [0.1, 0.15) is 15.9 Å². The lowest BCUT2D eigenvalue weighted by Crippen LogP contribution is -2.26. The molecular formula is C15H15FN2O3S. The van der Waals surface area contributed by atoms with E-state index in [0.29, 0.717) is 5.56 Å². The topological polar surface area (TPSA) is 80.5 Å². The molecule has 0 atom stereocenters. The maximum absolute atomic E-state index is 12.9. The Morgan fingerprint density at radius 2 is 1.64 bits per heavy atom. The summed E-state index contributed by atoms with van der Waals surface area (Å²) in [5.74, 6) is -1.00. The van der Waals surface area contributed by atoms with Crippen molar-refractivity contribution in [3.63, 3.8) is 0 Å². The third kappa shape index (κ3) is 3.49. The number of nitrogens with zero attached hydrogens (tertiary/aromatic N) is 1. The highest BCUT2D eigenvalue weighted by atomic mass is 32.2. The fraction of sp³-hybridized carbons (Fsp3) is 0.133. The van der Waals surface area contributed by atoms with Crippen molar-refractivity contribution < 1.29 is 17.6 Å². The van der Waals surface area contributed by atoms with Gasteiger partial charge in [-0.2, -0.15) is 4.31 Å². The molecule has 0 fully saturated rings. The van der Waals surface area contributed by atoms with Gasteiger partial charge in [0.1, 0.15) is 5.82 Å². The maximum Gasteiger partial charge on any atom is 0.248 e. The van der Waals surface area contributed by atoms with Crippen LogP contribution in [0, 0.1) is 5.82 Å². The first-order chi connectivity index (χ1) is 10.3. The first-order valence-electron chi connectivity index (χ1n) is 6.41. The molecule has 0 saturated heterocycles. The Hall–Kier alpha value is -2.25. The largest absolute Gasteiger partial charge is 0.366 e. The molecule has 22 heavy (non-hydrogen) atoms. The van der Waals surface area contributed by atoms with Gasteiger partial charge >= 0.3 is 0 Å². The Kier molecular flexibility index (Phi) is 4.58. The first kappa shape index (κ1) is 16.1. The van der Waals surface area contributed by atoms with Gasteiger partial charge in [0.05, 0.1) is 4.90 Å².